The molecule has 0 heterocycles. The Morgan fingerprint density at radius 3 is 2.16 bits per heavy atom. The molecule has 3 nitrogen and oxygen atoms in total. The van der Waals surface area contributed by atoms with Crippen LogP contribution in [0.1, 0.15) is 92.9 Å². The van der Waals surface area contributed by atoms with Crippen LogP contribution in [-0.4, -0.2) is 19.7 Å². The van der Waals surface area contributed by atoms with E-state index in [4.69, 9.17) is 9.47 Å². The van der Waals surface area contributed by atoms with E-state index in [2.05, 4.69) is 58.9 Å². The zero-order valence-electron chi connectivity index (χ0n) is 19.9. The summed E-state index contributed by atoms with van der Waals surface area (Å²) >= 11 is 0. The van der Waals surface area contributed by atoms with Gasteiger partial charge in [0, 0.05) is 5.56 Å². The summed E-state index contributed by atoms with van der Waals surface area (Å²) in [7, 11) is 1.40. The predicted octanol–water partition coefficient (Wildman–Crippen LogP) is 7.17. The second-order valence-electron chi connectivity index (χ2n) is 9.85. The van der Waals surface area contributed by atoms with Crippen LogP contribution in [-0.2, 0) is 15.6 Å². The van der Waals surface area contributed by atoms with Gasteiger partial charge in [-0.15, -0.1) is 0 Å². The van der Waals surface area contributed by atoms with Gasteiger partial charge in [0.1, 0.15) is 5.75 Å². The lowest BCUT2D eigenvalue weighted by atomic mass is 9.63. The van der Waals surface area contributed by atoms with Crippen LogP contribution in [0.3, 0.4) is 0 Å². The smallest absolute Gasteiger partial charge is 0.337 e. The molecule has 0 atom stereocenters. The molecule has 0 saturated carbocycles. The molecule has 0 aliphatic heterocycles. The van der Waals surface area contributed by atoms with Gasteiger partial charge in [0.25, 0.3) is 0 Å². The number of methoxy groups -OCH3 is 1. The number of hydrogen-bond acceptors (Lipinski definition) is 3. The number of ether oxygens (including phenoxy) is 2. The van der Waals surface area contributed by atoms with Gasteiger partial charge in [0.05, 0.1) is 19.3 Å². The number of esters is 1. The summed E-state index contributed by atoms with van der Waals surface area (Å²) in [5, 5.41) is 0. The average Bonchev–Trinajstić information content (AvgIpc) is 2.75. The van der Waals surface area contributed by atoms with Gasteiger partial charge in [-0.3, -0.25) is 0 Å². The van der Waals surface area contributed by atoms with Crippen LogP contribution < -0.4 is 4.74 Å². The van der Waals surface area contributed by atoms with Crippen molar-refractivity contribution in [3.05, 3.63) is 64.2 Å². The van der Waals surface area contributed by atoms with E-state index in [0.717, 1.165) is 36.3 Å². The van der Waals surface area contributed by atoms with E-state index in [0.29, 0.717) is 5.56 Å². The van der Waals surface area contributed by atoms with Gasteiger partial charge in [-0.2, -0.15) is 0 Å². The standard InChI is InChI=1S/C28H36O3/c1-7-8-17-31-25-19-24-23(27(2,3)15-16-28(24,4)5)18-22(25)14-11-20-9-12-21(13-10-20)26(29)30-6/h9-14,18-19H,7-8,15-17H2,1-6H3. The summed E-state index contributed by atoms with van der Waals surface area (Å²) in [5.74, 6) is 0.641. The third-order valence-corrected chi connectivity index (χ3v) is 6.53. The molecule has 1 aliphatic rings. The van der Waals surface area contributed by atoms with Crippen LogP contribution in [0.4, 0.5) is 0 Å². The van der Waals surface area contributed by atoms with Crippen LogP contribution in [0.15, 0.2) is 36.4 Å². The highest BCUT2D eigenvalue weighted by atomic mass is 16.5. The fourth-order valence-corrected chi connectivity index (χ4v) is 4.23. The van der Waals surface area contributed by atoms with Crippen LogP contribution in [0.25, 0.3) is 12.2 Å². The number of benzene rings is 2. The summed E-state index contributed by atoms with van der Waals surface area (Å²) in [6.45, 7) is 12.3. The predicted molar refractivity (Wildman–Crippen MR) is 129 cm³/mol. The first-order valence-electron chi connectivity index (χ1n) is 11.4. The quantitative estimate of drug-likeness (QED) is 0.270. The average molecular weight is 421 g/mol. The molecule has 0 unspecified atom stereocenters. The lowest BCUT2D eigenvalue weighted by Gasteiger charge is -2.42. The lowest BCUT2D eigenvalue weighted by molar-refractivity contribution is 0.0600. The van der Waals surface area contributed by atoms with Gasteiger partial charge < -0.3 is 9.47 Å². The Balaban J connectivity index is 1.99. The molecule has 166 valence electrons. The minimum absolute atomic E-state index is 0.150. The Morgan fingerprint density at radius 2 is 1.58 bits per heavy atom. The van der Waals surface area contributed by atoms with Crippen molar-refractivity contribution >= 4 is 18.1 Å². The fourth-order valence-electron chi connectivity index (χ4n) is 4.23. The van der Waals surface area contributed by atoms with E-state index in [1.807, 2.05) is 12.1 Å². The Morgan fingerprint density at radius 1 is 0.968 bits per heavy atom. The third-order valence-electron chi connectivity index (χ3n) is 6.53. The molecule has 2 aromatic rings. The molecule has 31 heavy (non-hydrogen) atoms. The van der Waals surface area contributed by atoms with Crippen LogP contribution in [0.2, 0.25) is 0 Å². The van der Waals surface area contributed by atoms with Gasteiger partial charge in [-0.1, -0.05) is 65.3 Å². The first-order chi connectivity index (χ1) is 14.7. The van der Waals surface area contributed by atoms with Crippen molar-refractivity contribution in [2.75, 3.05) is 13.7 Å². The number of fused-ring (bicyclic) bond motifs is 1. The molecule has 0 aromatic heterocycles. The number of hydrogen-bond donors (Lipinski definition) is 0. The minimum atomic E-state index is -0.318. The topological polar surface area (TPSA) is 35.5 Å². The van der Waals surface area contributed by atoms with Crippen molar-refractivity contribution in [1.82, 2.24) is 0 Å². The largest absolute Gasteiger partial charge is 0.493 e. The SMILES string of the molecule is CCCCOc1cc2c(cc1C=Cc1ccc(C(=O)OC)cc1)C(C)(C)CCC2(C)C. The summed E-state index contributed by atoms with van der Waals surface area (Å²) in [5.41, 5.74) is 5.84. The second kappa shape index (κ2) is 9.30. The molecule has 0 saturated heterocycles. The third kappa shape index (κ3) is 5.20. The van der Waals surface area contributed by atoms with Crippen molar-refractivity contribution in [2.45, 2.75) is 71.1 Å². The molecule has 2 aromatic carbocycles. The highest BCUT2D eigenvalue weighted by Crippen LogP contribution is 2.48. The van der Waals surface area contributed by atoms with E-state index in [1.165, 1.54) is 31.1 Å². The Hall–Kier alpha value is -2.55. The van der Waals surface area contributed by atoms with Crippen molar-refractivity contribution in [2.24, 2.45) is 0 Å². The molecule has 0 N–H and O–H groups in total. The normalized spacial score (nSPS) is 16.7. The Bertz CT molecular complexity index is 949. The van der Waals surface area contributed by atoms with Crippen molar-refractivity contribution in [1.29, 1.82) is 0 Å². The molecule has 0 spiro atoms. The van der Waals surface area contributed by atoms with Crippen molar-refractivity contribution < 1.29 is 14.3 Å². The van der Waals surface area contributed by atoms with Gasteiger partial charge in [-0.05, 0) is 71.0 Å². The molecular weight excluding hydrogens is 384 g/mol. The van der Waals surface area contributed by atoms with E-state index < -0.39 is 0 Å². The molecule has 3 rings (SSSR count). The van der Waals surface area contributed by atoms with E-state index >= 15 is 0 Å². The lowest BCUT2D eigenvalue weighted by Crippen LogP contribution is -2.34. The Labute approximate surface area is 187 Å². The number of rotatable bonds is 7. The maximum Gasteiger partial charge on any atom is 0.337 e. The van der Waals surface area contributed by atoms with Gasteiger partial charge in [0.15, 0.2) is 0 Å². The maximum atomic E-state index is 11.7. The Kier molecular flexibility index (Phi) is 6.93. The van der Waals surface area contributed by atoms with Crippen LogP contribution >= 0.6 is 0 Å². The molecule has 0 fully saturated rings. The molecule has 0 bridgehead atoms. The molecule has 0 radical (unpaired) electrons. The van der Waals surface area contributed by atoms with Gasteiger partial charge in [-0.25, -0.2) is 4.79 Å². The molecular formula is C28H36O3. The zero-order chi connectivity index (χ0) is 22.6. The highest BCUT2D eigenvalue weighted by molar-refractivity contribution is 5.89. The van der Waals surface area contributed by atoms with Crippen molar-refractivity contribution in [3.63, 3.8) is 0 Å². The molecule has 1 aliphatic carbocycles. The minimum Gasteiger partial charge on any atom is -0.493 e. The van der Waals surface area contributed by atoms with Crippen LogP contribution in [0, 0.1) is 0 Å². The first kappa shape index (κ1) is 23.1. The van der Waals surface area contributed by atoms with Crippen molar-refractivity contribution in [3.8, 4) is 5.75 Å². The number of carbonyl (C=O) groups is 1. The number of unbranched alkanes of at least 4 members (excludes halogenated alkanes) is 1. The second-order valence-corrected chi connectivity index (χ2v) is 9.85. The highest BCUT2D eigenvalue weighted by Gasteiger charge is 2.37. The van der Waals surface area contributed by atoms with E-state index in [9.17, 15) is 4.79 Å². The van der Waals surface area contributed by atoms with Gasteiger partial charge >= 0.3 is 5.97 Å². The first-order valence-corrected chi connectivity index (χ1v) is 11.4. The van der Waals surface area contributed by atoms with Gasteiger partial charge in [0.2, 0.25) is 0 Å². The summed E-state index contributed by atoms with van der Waals surface area (Å²) < 4.78 is 11.0. The van der Waals surface area contributed by atoms with Crippen LogP contribution in [0.5, 0.6) is 5.75 Å². The summed E-state index contributed by atoms with van der Waals surface area (Å²) in [4.78, 5) is 11.7. The van der Waals surface area contributed by atoms with E-state index in [-0.39, 0.29) is 16.8 Å². The zero-order valence-corrected chi connectivity index (χ0v) is 19.9. The molecule has 0 amide bonds. The summed E-state index contributed by atoms with van der Waals surface area (Å²) in [6.07, 6.45) is 8.73. The maximum absolute atomic E-state index is 11.7. The fraction of sp³-hybridized carbons (Fsp3) is 0.464. The summed E-state index contributed by atoms with van der Waals surface area (Å²) in [6, 6.07) is 12.1. The monoisotopic (exact) mass is 420 g/mol. The number of carbonyl (C=O) groups excluding carboxylic acids is 1. The van der Waals surface area contributed by atoms with E-state index in [1.54, 1.807) is 12.1 Å². The molecule has 3 heteroatoms.